The Bertz CT molecular complexity index is 1010. The van der Waals surface area contributed by atoms with Crippen molar-refractivity contribution in [1.82, 2.24) is 9.62 Å². The minimum Gasteiger partial charge on any atom is -0.495 e. The van der Waals surface area contributed by atoms with Gasteiger partial charge in [0, 0.05) is 13.1 Å². The smallest absolute Gasteiger partial charge is 0.240 e. The molecule has 168 valence electrons. The molecule has 0 saturated carbocycles. The molecule has 1 unspecified atom stereocenters. The van der Waals surface area contributed by atoms with E-state index in [0.717, 1.165) is 30.5 Å². The van der Waals surface area contributed by atoms with E-state index in [1.54, 1.807) is 31.4 Å². The summed E-state index contributed by atoms with van der Waals surface area (Å²) in [5, 5.41) is 2.93. The lowest BCUT2D eigenvalue weighted by Crippen LogP contribution is -2.43. The third-order valence-electron chi connectivity index (χ3n) is 5.49. The number of sulfonamides is 1. The summed E-state index contributed by atoms with van der Waals surface area (Å²) in [4.78, 5) is 14.9. The van der Waals surface area contributed by atoms with E-state index in [1.165, 1.54) is 0 Å². The van der Waals surface area contributed by atoms with E-state index in [9.17, 15) is 13.2 Å². The van der Waals surface area contributed by atoms with Crippen LogP contribution in [0.4, 0.5) is 5.69 Å². The van der Waals surface area contributed by atoms with Crippen LogP contribution in [0.1, 0.15) is 24.0 Å². The standard InChI is InChI=1S/C23H31N3O4S/c1-17-6-9-20(10-7-17)31(28,29)24-14-19-5-4-12-26(15-19)16-23(27)25-21-13-18(2)8-11-22(21)30-3/h6-11,13,19,24H,4-5,12,14-16H2,1-3H3,(H,25,27). The number of methoxy groups -OCH3 is 1. The van der Waals surface area contributed by atoms with Crippen LogP contribution < -0.4 is 14.8 Å². The van der Waals surface area contributed by atoms with Crippen LogP contribution in [0.15, 0.2) is 47.4 Å². The van der Waals surface area contributed by atoms with Crippen molar-refractivity contribution in [3.63, 3.8) is 0 Å². The van der Waals surface area contributed by atoms with Crippen molar-refractivity contribution in [2.45, 2.75) is 31.6 Å². The second-order valence-electron chi connectivity index (χ2n) is 8.16. The molecule has 8 heteroatoms. The second-order valence-corrected chi connectivity index (χ2v) is 9.93. The monoisotopic (exact) mass is 445 g/mol. The number of anilines is 1. The van der Waals surface area contributed by atoms with Crippen LogP contribution in [-0.4, -0.2) is 52.5 Å². The van der Waals surface area contributed by atoms with Crippen LogP contribution in [0.3, 0.4) is 0 Å². The average Bonchev–Trinajstić information content (AvgIpc) is 2.73. The minimum absolute atomic E-state index is 0.107. The van der Waals surface area contributed by atoms with Gasteiger partial charge in [0.05, 0.1) is 24.2 Å². The molecule has 1 heterocycles. The number of nitrogens with one attached hydrogen (secondary N) is 2. The average molecular weight is 446 g/mol. The van der Waals surface area contributed by atoms with Crippen LogP contribution in [-0.2, 0) is 14.8 Å². The number of aryl methyl sites for hydroxylation is 2. The van der Waals surface area contributed by atoms with Gasteiger partial charge < -0.3 is 10.1 Å². The van der Waals surface area contributed by atoms with Crippen LogP contribution in [0.5, 0.6) is 5.75 Å². The predicted molar refractivity (Wildman–Crippen MR) is 122 cm³/mol. The Morgan fingerprint density at radius 2 is 1.84 bits per heavy atom. The van der Waals surface area contributed by atoms with Crippen molar-refractivity contribution < 1.29 is 17.9 Å². The minimum atomic E-state index is -3.53. The van der Waals surface area contributed by atoms with Gasteiger partial charge in [-0.1, -0.05) is 23.8 Å². The molecule has 2 aromatic carbocycles. The van der Waals surface area contributed by atoms with Crippen molar-refractivity contribution in [3.05, 3.63) is 53.6 Å². The van der Waals surface area contributed by atoms with Crippen molar-refractivity contribution >= 4 is 21.6 Å². The third kappa shape index (κ3) is 6.53. The number of carbonyl (C=O) groups is 1. The highest BCUT2D eigenvalue weighted by Gasteiger charge is 2.24. The number of hydrogen-bond acceptors (Lipinski definition) is 5. The van der Waals surface area contributed by atoms with Crippen LogP contribution in [0.2, 0.25) is 0 Å². The summed E-state index contributed by atoms with van der Waals surface area (Å²) in [6, 6.07) is 12.5. The molecule has 2 aromatic rings. The zero-order valence-electron chi connectivity index (χ0n) is 18.3. The number of likely N-dealkylation sites (tertiary alicyclic amines) is 1. The van der Waals surface area contributed by atoms with E-state index >= 15 is 0 Å². The molecule has 1 fully saturated rings. The van der Waals surface area contributed by atoms with Crippen LogP contribution >= 0.6 is 0 Å². The highest BCUT2D eigenvalue weighted by atomic mass is 32.2. The van der Waals surface area contributed by atoms with Gasteiger partial charge in [0.25, 0.3) is 0 Å². The molecule has 0 aromatic heterocycles. The van der Waals surface area contributed by atoms with E-state index in [4.69, 9.17) is 4.74 Å². The number of piperidine rings is 1. The normalized spacial score (nSPS) is 17.3. The first-order valence-electron chi connectivity index (χ1n) is 10.5. The molecule has 1 aliphatic heterocycles. The molecular formula is C23H31N3O4S. The molecule has 1 atom stereocenters. The van der Waals surface area contributed by atoms with Gasteiger partial charge in [0.1, 0.15) is 5.75 Å². The number of amides is 1. The maximum atomic E-state index is 12.6. The van der Waals surface area contributed by atoms with Gasteiger partial charge in [0.15, 0.2) is 0 Å². The van der Waals surface area contributed by atoms with Crippen molar-refractivity contribution in [1.29, 1.82) is 0 Å². The van der Waals surface area contributed by atoms with E-state index in [0.29, 0.717) is 24.5 Å². The Kier molecular flexibility index (Phi) is 7.69. The highest BCUT2D eigenvalue weighted by molar-refractivity contribution is 7.89. The van der Waals surface area contributed by atoms with Crippen LogP contribution in [0, 0.1) is 19.8 Å². The van der Waals surface area contributed by atoms with Gasteiger partial charge in [-0.15, -0.1) is 0 Å². The summed E-state index contributed by atoms with van der Waals surface area (Å²) in [5.41, 5.74) is 2.71. The number of benzene rings is 2. The zero-order chi connectivity index (χ0) is 22.4. The van der Waals surface area contributed by atoms with Crippen molar-refractivity contribution in [2.24, 2.45) is 5.92 Å². The molecule has 0 radical (unpaired) electrons. The Hall–Kier alpha value is -2.42. The van der Waals surface area contributed by atoms with Gasteiger partial charge in [-0.05, 0) is 69.0 Å². The van der Waals surface area contributed by atoms with E-state index in [2.05, 4.69) is 14.9 Å². The van der Waals surface area contributed by atoms with Gasteiger partial charge in [0.2, 0.25) is 15.9 Å². The summed E-state index contributed by atoms with van der Waals surface area (Å²) in [6.45, 7) is 6.00. The van der Waals surface area contributed by atoms with Crippen molar-refractivity contribution in [3.8, 4) is 5.75 Å². The predicted octanol–water partition coefficient (Wildman–Crippen LogP) is 2.94. The maximum Gasteiger partial charge on any atom is 0.240 e. The van der Waals surface area contributed by atoms with Gasteiger partial charge in [-0.25, -0.2) is 13.1 Å². The Balaban J connectivity index is 1.53. The maximum absolute atomic E-state index is 12.6. The molecule has 0 bridgehead atoms. The Morgan fingerprint density at radius 1 is 1.13 bits per heavy atom. The highest BCUT2D eigenvalue weighted by Crippen LogP contribution is 2.25. The molecule has 7 nitrogen and oxygen atoms in total. The molecule has 0 spiro atoms. The lowest BCUT2D eigenvalue weighted by molar-refractivity contribution is -0.117. The first kappa shape index (κ1) is 23.2. The quantitative estimate of drug-likeness (QED) is 0.652. The number of rotatable bonds is 8. The van der Waals surface area contributed by atoms with Gasteiger partial charge in [-0.2, -0.15) is 0 Å². The van der Waals surface area contributed by atoms with Gasteiger partial charge in [-0.3, -0.25) is 9.69 Å². The summed E-state index contributed by atoms with van der Waals surface area (Å²) >= 11 is 0. The fourth-order valence-electron chi connectivity index (χ4n) is 3.80. The zero-order valence-corrected chi connectivity index (χ0v) is 19.2. The first-order valence-corrected chi connectivity index (χ1v) is 12.0. The van der Waals surface area contributed by atoms with Crippen LogP contribution in [0.25, 0.3) is 0 Å². The number of ether oxygens (including phenoxy) is 1. The molecule has 2 N–H and O–H groups in total. The van der Waals surface area contributed by atoms with Crippen molar-refractivity contribution in [2.75, 3.05) is 38.6 Å². The van der Waals surface area contributed by atoms with E-state index in [-0.39, 0.29) is 23.3 Å². The fraction of sp³-hybridized carbons (Fsp3) is 0.435. The third-order valence-corrected chi connectivity index (χ3v) is 6.93. The largest absolute Gasteiger partial charge is 0.495 e. The molecule has 1 saturated heterocycles. The fourth-order valence-corrected chi connectivity index (χ4v) is 4.92. The molecule has 0 aliphatic carbocycles. The van der Waals surface area contributed by atoms with E-state index in [1.807, 2.05) is 32.0 Å². The molecular weight excluding hydrogens is 414 g/mol. The molecule has 1 aliphatic rings. The Morgan fingerprint density at radius 3 is 2.55 bits per heavy atom. The first-order chi connectivity index (χ1) is 14.8. The topological polar surface area (TPSA) is 87.7 Å². The summed E-state index contributed by atoms with van der Waals surface area (Å²) in [6.07, 6.45) is 1.86. The number of nitrogens with zero attached hydrogens (tertiary/aromatic N) is 1. The lowest BCUT2D eigenvalue weighted by atomic mass is 9.98. The Labute approximate surface area is 184 Å². The SMILES string of the molecule is COc1ccc(C)cc1NC(=O)CN1CCCC(CNS(=O)(=O)c2ccc(C)cc2)C1. The molecule has 3 rings (SSSR count). The molecule has 31 heavy (non-hydrogen) atoms. The lowest BCUT2D eigenvalue weighted by Gasteiger charge is -2.32. The van der Waals surface area contributed by atoms with E-state index < -0.39 is 10.0 Å². The number of hydrogen-bond donors (Lipinski definition) is 2. The summed E-state index contributed by atoms with van der Waals surface area (Å²) in [5.74, 6) is 0.682. The molecule has 1 amide bonds. The summed E-state index contributed by atoms with van der Waals surface area (Å²) < 4.78 is 33.1. The number of carbonyl (C=O) groups excluding carboxylic acids is 1. The second kappa shape index (κ2) is 10.3. The van der Waals surface area contributed by atoms with Gasteiger partial charge >= 0.3 is 0 Å². The summed E-state index contributed by atoms with van der Waals surface area (Å²) in [7, 11) is -1.95.